The number of aromatic nitrogens is 1. The number of benzene rings is 1. The van der Waals surface area contributed by atoms with Gasteiger partial charge in [-0.2, -0.15) is 0 Å². The summed E-state index contributed by atoms with van der Waals surface area (Å²) < 4.78 is 0. The molecule has 0 amide bonds. The molecule has 2 aliphatic rings. The van der Waals surface area contributed by atoms with Crippen LogP contribution in [0.1, 0.15) is 57.7 Å². The Bertz CT molecular complexity index is 738. The molecule has 134 valence electrons. The van der Waals surface area contributed by atoms with Gasteiger partial charge in [0.15, 0.2) is 0 Å². The Morgan fingerprint density at radius 2 is 1.68 bits per heavy atom. The normalized spacial score (nSPS) is 25.8. The standard InChI is InChI=1S/C22H31N3/c1-15(2)22-21-8-6-5-7-20(21)18(11-23-22)14-24-12-16(3)25(17(4)13-24)19-9-10-19/h5-8,11,15-17,19H,9-10,12-14H2,1-4H3. The van der Waals surface area contributed by atoms with E-state index in [0.29, 0.717) is 18.0 Å². The van der Waals surface area contributed by atoms with E-state index < -0.39 is 0 Å². The predicted octanol–water partition coefficient (Wildman–Crippen LogP) is 4.42. The van der Waals surface area contributed by atoms with Crippen LogP contribution in [0.3, 0.4) is 0 Å². The minimum Gasteiger partial charge on any atom is -0.296 e. The first-order valence-corrected chi connectivity index (χ1v) is 9.91. The third-order valence-electron chi connectivity index (χ3n) is 5.88. The SMILES string of the molecule is CC(C)c1ncc(CN2CC(C)N(C3CC3)C(C)C2)c2ccccc12. The lowest BCUT2D eigenvalue weighted by atomic mass is 9.98. The van der Waals surface area contributed by atoms with Crippen LogP contribution < -0.4 is 0 Å². The molecule has 2 aromatic rings. The summed E-state index contributed by atoms with van der Waals surface area (Å²) >= 11 is 0. The third-order valence-corrected chi connectivity index (χ3v) is 5.88. The zero-order chi connectivity index (χ0) is 17.6. The summed E-state index contributed by atoms with van der Waals surface area (Å²) in [5, 5.41) is 2.71. The molecule has 1 aromatic carbocycles. The number of fused-ring (bicyclic) bond motifs is 1. The summed E-state index contributed by atoms with van der Waals surface area (Å²) in [6.45, 7) is 12.6. The second-order valence-corrected chi connectivity index (χ2v) is 8.44. The molecule has 0 N–H and O–H groups in total. The van der Waals surface area contributed by atoms with Gasteiger partial charge in [0.05, 0.1) is 5.69 Å². The van der Waals surface area contributed by atoms with Crippen LogP contribution >= 0.6 is 0 Å². The largest absolute Gasteiger partial charge is 0.296 e. The zero-order valence-corrected chi connectivity index (χ0v) is 16.1. The highest BCUT2D eigenvalue weighted by atomic mass is 15.3. The van der Waals surface area contributed by atoms with Crippen molar-refractivity contribution in [2.45, 2.75) is 71.1 Å². The van der Waals surface area contributed by atoms with Gasteiger partial charge in [-0.3, -0.25) is 14.8 Å². The van der Waals surface area contributed by atoms with Crippen molar-refractivity contribution in [1.82, 2.24) is 14.8 Å². The van der Waals surface area contributed by atoms with Gasteiger partial charge in [0.1, 0.15) is 0 Å². The quantitative estimate of drug-likeness (QED) is 0.823. The molecule has 1 saturated heterocycles. The lowest BCUT2D eigenvalue weighted by Gasteiger charge is -2.45. The van der Waals surface area contributed by atoms with Crippen LogP contribution in [-0.2, 0) is 6.54 Å². The van der Waals surface area contributed by atoms with Crippen molar-refractivity contribution < 1.29 is 0 Å². The molecule has 0 spiro atoms. The molecule has 0 radical (unpaired) electrons. The molecule has 1 aliphatic carbocycles. The third kappa shape index (κ3) is 3.32. The first kappa shape index (κ1) is 17.0. The molecule has 2 heterocycles. The smallest absolute Gasteiger partial charge is 0.0507 e. The number of hydrogen-bond acceptors (Lipinski definition) is 3. The monoisotopic (exact) mass is 337 g/mol. The van der Waals surface area contributed by atoms with Gasteiger partial charge >= 0.3 is 0 Å². The highest BCUT2D eigenvalue weighted by Crippen LogP contribution is 2.33. The second-order valence-electron chi connectivity index (χ2n) is 8.44. The Morgan fingerprint density at radius 1 is 1.04 bits per heavy atom. The zero-order valence-electron chi connectivity index (χ0n) is 16.1. The summed E-state index contributed by atoms with van der Waals surface area (Å²) in [6.07, 6.45) is 4.93. The van der Waals surface area contributed by atoms with Crippen molar-refractivity contribution >= 4 is 10.8 Å². The molecule has 2 fully saturated rings. The van der Waals surface area contributed by atoms with E-state index in [1.54, 1.807) is 0 Å². The average Bonchev–Trinajstić information content (AvgIpc) is 3.39. The molecule has 1 aliphatic heterocycles. The van der Waals surface area contributed by atoms with E-state index in [4.69, 9.17) is 4.98 Å². The van der Waals surface area contributed by atoms with E-state index in [-0.39, 0.29) is 0 Å². The fourth-order valence-electron chi connectivity index (χ4n) is 4.77. The van der Waals surface area contributed by atoms with E-state index in [2.05, 4.69) is 68.0 Å². The van der Waals surface area contributed by atoms with E-state index in [0.717, 1.165) is 12.6 Å². The molecule has 2 atom stereocenters. The van der Waals surface area contributed by atoms with Crippen LogP contribution in [0.4, 0.5) is 0 Å². The van der Waals surface area contributed by atoms with Crippen LogP contribution in [0.25, 0.3) is 10.8 Å². The van der Waals surface area contributed by atoms with Gasteiger partial charge in [-0.1, -0.05) is 38.1 Å². The Morgan fingerprint density at radius 3 is 2.28 bits per heavy atom. The van der Waals surface area contributed by atoms with E-state index in [9.17, 15) is 0 Å². The molecule has 3 nitrogen and oxygen atoms in total. The molecule has 0 bridgehead atoms. The van der Waals surface area contributed by atoms with E-state index >= 15 is 0 Å². The maximum Gasteiger partial charge on any atom is 0.0507 e. The molecule has 2 unspecified atom stereocenters. The van der Waals surface area contributed by atoms with Crippen LogP contribution in [0.15, 0.2) is 30.5 Å². The predicted molar refractivity (Wildman–Crippen MR) is 105 cm³/mol. The van der Waals surface area contributed by atoms with E-state index in [1.165, 1.54) is 48.0 Å². The van der Waals surface area contributed by atoms with Gasteiger partial charge in [-0.25, -0.2) is 0 Å². The highest BCUT2D eigenvalue weighted by Gasteiger charge is 2.39. The number of piperazine rings is 1. The molecule has 1 aromatic heterocycles. The van der Waals surface area contributed by atoms with E-state index in [1.807, 2.05) is 0 Å². The fraction of sp³-hybridized carbons (Fsp3) is 0.591. The molecular weight excluding hydrogens is 306 g/mol. The Labute approximate surface area is 152 Å². The average molecular weight is 338 g/mol. The molecule has 4 rings (SSSR count). The van der Waals surface area contributed by atoms with Crippen LogP contribution in [0, 0.1) is 0 Å². The molecular formula is C22H31N3. The van der Waals surface area contributed by atoms with Crippen molar-refractivity contribution in [2.24, 2.45) is 0 Å². The Hall–Kier alpha value is -1.45. The van der Waals surface area contributed by atoms with Crippen LogP contribution in [-0.4, -0.2) is 46.0 Å². The van der Waals surface area contributed by atoms with Gasteiger partial charge in [-0.15, -0.1) is 0 Å². The number of hydrogen-bond donors (Lipinski definition) is 0. The van der Waals surface area contributed by atoms with Crippen LogP contribution in [0.5, 0.6) is 0 Å². The summed E-state index contributed by atoms with van der Waals surface area (Å²) in [5.74, 6) is 0.459. The van der Waals surface area contributed by atoms with Crippen molar-refractivity contribution in [3.8, 4) is 0 Å². The number of rotatable bonds is 4. The molecule has 3 heteroatoms. The van der Waals surface area contributed by atoms with Gasteiger partial charge < -0.3 is 0 Å². The fourth-order valence-corrected chi connectivity index (χ4v) is 4.77. The first-order chi connectivity index (χ1) is 12.0. The lowest BCUT2D eigenvalue weighted by molar-refractivity contribution is 0.0289. The topological polar surface area (TPSA) is 19.4 Å². The van der Waals surface area contributed by atoms with Gasteiger partial charge in [-0.05, 0) is 43.6 Å². The number of nitrogens with zero attached hydrogens (tertiary/aromatic N) is 3. The Balaban J connectivity index is 1.58. The highest BCUT2D eigenvalue weighted by molar-refractivity contribution is 5.87. The van der Waals surface area contributed by atoms with Crippen molar-refractivity contribution in [2.75, 3.05) is 13.1 Å². The molecule has 1 saturated carbocycles. The van der Waals surface area contributed by atoms with Gasteiger partial charge in [0, 0.05) is 49.3 Å². The van der Waals surface area contributed by atoms with Gasteiger partial charge in [0.2, 0.25) is 0 Å². The molecule has 25 heavy (non-hydrogen) atoms. The minimum absolute atomic E-state index is 0.459. The summed E-state index contributed by atoms with van der Waals surface area (Å²) in [5.41, 5.74) is 2.60. The first-order valence-electron chi connectivity index (χ1n) is 9.91. The van der Waals surface area contributed by atoms with Gasteiger partial charge in [0.25, 0.3) is 0 Å². The lowest BCUT2D eigenvalue weighted by Crippen LogP contribution is -2.57. The van der Waals surface area contributed by atoms with Crippen molar-refractivity contribution in [3.63, 3.8) is 0 Å². The van der Waals surface area contributed by atoms with Crippen LogP contribution in [0.2, 0.25) is 0 Å². The summed E-state index contributed by atoms with van der Waals surface area (Å²) in [4.78, 5) is 10.2. The number of pyridine rings is 1. The maximum absolute atomic E-state index is 4.83. The maximum atomic E-state index is 4.83. The second kappa shape index (κ2) is 6.69. The van der Waals surface area contributed by atoms with Crippen molar-refractivity contribution in [3.05, 3.63) is 41.7 Å². The minimum atomic E-state index is 0.459. The Kier molecular flexibility index (Phi) is 4.55. The van der Waals surface area contributed by atoms with Crippen molar-refractivity contribution in [1.29, 1.82) is 0 Å². The summed E-state index contributed by atoms with van der Waals surface area (Å²) in [7, 11) is 0. The summed E-state index contributed by atoms with van der Waals surface area (Å²) in [6, 6.07) is 11.0.